The van der Waals surface area contributed by atoms with Gasteiger partial charge in [0.1, 0.15) is 0 Å². The lowest BCUT2D eigenvalue weighted by Crippen LogP contribution is -2.25. The Morgan fingerprint density at radius 3 is 1.88 bits per heavy atom. The SMILES string of the molecule is CC(C(N)=O)=[Si](C)C. The van der Waals surface area contributed by atoms with Crippen molar-refractivity contribution in [3.8, 4) is 0 Å². The number of carbonyl (C=O) groups excluding carboxylic acids is 1. The number of hydrogen-bond donors (Lipinski definition) is 1. The number of carbonyl (C=O) groups is 1. The van der Waals surface area contributed by atoms with Crippen LogP contribution in [0.5, 0.6) is 0 Å². The summed E-state index contributed by atoms with van der Waals surface area (Å²) in [6, 6.07) is 0. The molecule has 0 aromatic heterocycles. The lowest BCUT2D eigenvalue weighted by Gasteiger charge is -1.93. The Morgan fingerprint density at radius 1 is 1.50 bits per heavy atom. The van der Waals surface area contributed by atoms with Crippen LogP contribution in [0.25, 0.3) is 0 Å². The second kappa shape index (κ2) is 2.77. The van der Waals surface area contributed by atoms with Crippen LogP contribution in [0.4, 0.5) is 0 Å². The highest BCUT2D eigenvalue weighted by atomic mass is 28.2. The first-order valence-corrected chi connectivity index (χ1v) is 4.99. The molecular formula is C5H11NOSi. The van der Waals surface area contributed by atoms with Crippen LogP contribution < -0.4 is 5.73 Å². The van der Waals surface area contributed by atoms with E-state index >= 15 is 0 Å². The molecule has 0 spiro atoms. The van der Waals surface area contributed by atoms with Gasteiger partial charge in [0, 0.05) is 8.41 Å². The molecule has 0 aliphatic carbocycles. The van der Waals surface area contributed by atoms with Gasteiger partial charge < -0.3 is 5.73 Å². The molecule has 0 aliphatic rings. The first-order chi connectivity index (χ1) is 3.55. The predicted molar refractivity (Wildman–Crippen MR) is 37.4 cm³/mol. The van der Waals surface area contributed by atoms with E-state index in [0.29, 0.717) is 0 Å². The highest BCUT2D eigenvalue weighted by Crippen LogP contribution is 1.73. The highest BCUT2D eigenvalue weighted by molar-refractivity contribution is 6.80. The molecule has 8 heavy (non-hydrogen) atoms. The topological polar surface area (TPSA) is 43.1 Å². The second-order valence-electron chi connectivity index (χ2n) is 1.99. The maximum Gasteiger partial charge on any atom is 0.239 e. The average molecular weight is 129 g/mol. The molecule has 0 heterocycles. The van der Waals surface area contributed by atoms with Crippen molar-refractivity contribution in [1.29, 1.82) is 0 Å². The minimum atomic E-state index is -0.570. The fourth-order valence-electron chi connectivity index (χ4n) is 0.246. The van der Waals surface area contributed by atoms with Gasteiger partial charge in [-0.25, -0.2) is 0 Å². The lowest BCUT2D eigenvalue weighted by atomic mass is 10.5. The van der Waals surface area contributed by atoms with E-state index < -0.39 is 8.41 Å². The quantitative estimate of drug-likeness (QED) is 0.498. The normalized spacial score (nSPS) is 8.38. The zero-order chi connectivity index (χ0) is 6.73. The lowest BCUT2D eigenvalue weighted by molar-refractivity contribution is -0.111. The number of primary amides is 1. The van der Waals surface area contributed by atoms with Crippen molar-refractivity contribution < 1.29 is 4.79 Å². The van der Waals surface area contributed by atoms with E-state index in [1.54, 1.807) is 6.92 Å². The molecule has 0 aromatic rings. The monoisotopic (exact) mass is 129 g/mol. The van der Waals surface area contributed by atoms with Crippen molar-refractivity contribution >= 4 is 19.5 Å². The van der Waals surface area contributed by atoms with Gasteiger partial charge >= 0.3 is 0 Å². The van der Waals surface area contributed by atoms with Gasteiger partial charge in [-0.2, -0.15) is 0 Å². The summed E-state index contributed by atoms with van der Waals surface area (Å²) in [5, 5.41) is 0.843. The maximum absolute atomic E-state index is 10.4. The Kier molecular flexibility index (Phi) is 2.61. The van der Waals surface area contributed by atoms with Crippen LogP contribution in [0.15, 0.2) is 0 Å². The van der Waals surface area contributed by atoms with Crippen molar-refractivity contribution in [3.63, 3.8) is 0 Å². The molecule has 0 aromatic carbocycles. The van der Waals surface area contributed by atoms with Gasteiger partial charge in [-0.15, -0.1) is 0 Å². The molecule has 0 saturated heterocycles. The summed E-state index contributed by atoms with van der Waals surface area (Å²) >= 11 is 0. The largest absolute Gasteiger partial charge is 0.366 e. The van der Waals surface area contributed by atoms with Crippen LogP contribution in [0, 0.1) is 0 Å². The van der Waals surface area contributed by atoms with Gasteiger partial charge in [0.25, 0.3) is 0 Å². The van der Waals surface area contributed by atoms with Gasteiger partial charge in [-0.1, -0.05) is 13.1 Å². The van der Waals surface area contributed by atoms with E-state index in [-0.39, 0.29) is 5.91 Å². The van der Waals surface area contributed by atoms with Crippen molar-refractivity contribution in [2.75, 3.05) is 0 Å². The Hall–Kier alpha value is -0.443. The third-order valence-corrected chi connectivity index (χ3v) is 2.87. The number of rotatable bonds is 1. The second-order valence-corrected chi connectivity index (χ2v) is 4.74. The molecule has 0 rings (SSSR count). The van der Waals surface area contributed by atoms with Gasteiger partial charge in [0.05, 0.1) is 0 Å². The molecule has 0 saturated carbocycles. The van der Waals surface area contributed by atoms with E-state index in [1.165, 1.54) is 0 Å². The standard InChI is InChI=1S/C5H11NOSi/c1-4(5(6)7)8(2)3/h1-3H3,(H2,6,7). The molecule has 0 atom stereocenters. The minimum Gasteiger partial charge on any atom is -0.366 e. The van der Waals surface area contributed by atoms with Crippen LogP contribution >= 0.6 is 0 Å². The fraction of sp³-hybridized carbons (Fsp3) is 0.600. The molecule has 0 unspecified atom stereocenters. The molecule has 0 aliphatic heterocycles. The molecule has 2 nitrogen and oxygen atoms in total. The summed E-state index contributed by atoms with van der Waals surface area (Å²) in [5.74, 6) is -0.246. The van der Waals surface area contributed by atoms with Crippen LogP contribution in [-0.2, 0) is 4.79 Å². The molecule has 0 bridgehead atoms. The maximum atomic E-state index is 10.4. The number of amides is 1. The molecule has 0 radical (unpaired) electrons. The molecule has 3 heteroatoms. The average Bonchev–Trinajstić information content (AvgIpc) is 1.64. The predicted octanol–water partition coefficient (Wildman–Crippen LogP) is 0.0001000. The summed E-state index contributed by atoms with van der Waals surface area (Å²) in [7, 11) is -0.570. The summed E-state index contributed by atoms with van der Waals surface area (Å²) in [6.07, 6.45) is 0. The molecular weight excluding hydrogens is 118 g/mol. The zero-order valence-electron chi connectivity index (χ0n) is 5.49. The van der Waals surface area contributed by atoms with E-state index in [1.807, 2.05) is 13.1 Å². The minimum absolute atomic E-state index is 0.246. The Labute approximate surface area is 50.9 Å². The summed E-state index contributed by atoms with van der Waals surface area (Å²) < 4.78 is 0. The van der Waals surface area contributed by atoms with Gasteiger partial charge in [0.2, 0.25) is 5.91 Å². The van der Waals surface area contributed by atoms with E-state index in [9.17, 15) is 4.79 Å². The van der Waals surface area contributed by atoms with Gasteiger partial charge in [-0.05, 0) is 12.1 Å². The Bertz CT molecular complexity index is 135. The third kappa shape index (κ3) is 2.02. The smallest absolute Gasteiger partial charge is 0.239 e. The van der Waals surface area contributed by atoms with E-state index in [0.717, 1.165) is 5.17 Å². The van der Waals surface area contributed by atoms with Crippen molar-refractivity contribution in [1.82, 2.24) is 0 Å². The van der Waals surface area contributed by atoms with Gasteiger partial charge in [-0.3, -0.25) is 4.79 Å². The van der Waals surface area contributed by atoms with Crippen molar-refractivity contribution in [2.24, 2.45) is 5.73 Å². The fourth-order valence-corrected chi connectivity index (χ4v) is 0.739. The van der Waals surface area contributed by atoms with Crippen molar-refractivity contribution in [3.05, 3.63) is 0 Å². The summed E-state index contributed by atoms with van der Waals surface area (Å²) in [6.45, 7) is 5.89. The van der Waals surface area contributed by atoms with Crippen molar-refractivity contribution in [2.45, 2.75) is 20.0 Å². The molecule has 2 N–H and O–H groups in total. The third-order valence-electron chi connectivity index (χ3n) is 1.12. The van der Waals surface area contributed by atoms with Crippen LogP contribution in [0.2, 0.25) is 13.1 Å². The van der Waals surface area contributed by atoms with Crippen LogP contribution in [-0.4, -0.2) is 19.5 Å². The van der Waals surface area contributed by atoms with Gasteiger partial charge in [0.15, 0.2) is 0 Å². The number of nitrogens with two attached hydrogens (primary N) is 1. The van der Waals surface area contributed by atoms with E-state index in [2.05, 4.69) is 0 Å². The Morgan fingerprint density at radius 2 is 1.88 bits per heavy atom. The zero-order valence-corrected chi connectivity index (χ0v) is 6.49. The number of hydrogen-bond acceptors (Lipinski definition) is 1. The van der Waals surface area contributed by atoms with Crippen LogP contribution in [0.1, 0.15) is 6.92 Å². The first kappa shape index (κ1) is 7.56. The Balaban J connectivity index is 4.23. The highest BCUT2D eigenvalue weighted by Gasteiger charge is 1.96. The summed E-state index contributed by atoms with van der Waals surface area (Å²) in [5.41, 5.74) is 4.99. The molecule has 0 fully saturated rings. The van der Waals surface area contributed by atoms with E-state index in [4.69, 9.17) is 5.73 Å². The van der Waals surface area contributed by atoms with Crippen LogP contribution in [0.3, 0.4) is 0 Å². The molecule has 1 amide bonds. The first-order valence-electron chi connectivity index (χ1n) is 2.49. The molecule has 46 valence electrons. The summed E-state index contributed by atoms with van der Waals surface area (Å²) in [4.78, 5) is 10.4.